The van der Waals surface area contributed by atoms with Crippen LogP contribution in [0.3, 0.4) is 0 Å². The van der Waals surface area contributed by atoms with E-state index >= 15 is 0 Å². The SMILES string of the molecule is CC(C)(C)c1cnn(CC(F)(F)F)c1-c1ccc(F)cc1. The number of hydrogen-bond acceptors (Lipinski definition) is 1. The predicted octanol–water partition coefficient (Wildman–Crippen LogP) is 4.55. The van der Waals surface area contributed by atoms with E-state index in [1.54, 1.807) is 0 Å². The van der Waals surface area contributed by atoms with Gasteiger partial charge in [-0.15, -0.1) is 0 Å². The van der Waals surface area contributed by atoms with Crippen LogP contribution in [-0.2, 0) is 12.0 Å². The molecular formula is C15H16F4N2. The van der Waals surface area contributed by atoms with Crippen LogP contribution < -0.4 is 0 Å². The van der Waals surface area contributed by atoms with Gasteiger partial charge in [0.25, 0.3) is 0 Å². The summed E-state index contributed by atoms with van der Waals surface area (Å²) in [6.07, 6.45) is -2.92. The number of benzene rings is 1. The zero-order valence-corrected chi connectivity index (χ0v) is 12.0. The average molecular weight is 300 g/mol. The maximum Gasteiger partial charge on any atom is 0.408 e. The molecule has 0 N–H and O–H groups in total. The fraction of sp³-hybridized carbons (Fsp3) is 0.400. The number of nitrogens with zero attached hydrogens (tertiary/aromatic N) is 2. The molecule has 2 aromatic rings. The van der Waals surface area contributed by atoms with E-state index in [9.17, 15) is 17.6 Å². The molecule has 1 heterocycles. The Labute approximate surface area is 120 Å². The third kappa shape index (κ3) is 3.62. The molecule has 0 unspecified atom stereocenters. The van der Waals surface area contributed by atoms with Crippen molar-refractivity contribution in [2.75, 3.05) is 0 Å². The van der Waals surface area contributed by atoms with E-state index in [-0.39, 0.29) is 5.41 Å². The van der Waals surface area contributed by atoms with E-state index in [2.05, 4.69) is 5.10 Å². The molecule has 6 heteroatoms. The van der Waals surface area contributed by atoms with Gasteiger partial charge in [0.05, 0.1) is 11.9 Å². The minimum Gasteiger partial charge on any atom is -0.255 e. The zero-order valence-electron chi connectivity index (χ0n) is 12.0. The Bertz CT molecular complexity index is 619. The molecule has 114 valence electrons. The lowest BCUT2D eigenvalue weighted by Gasteiger charge is -2.20. The van der Waals surface area contributed by atoms with Crippen LogP contribution in [-0.4, -0.2) is 16.0 Å². The second-order valence-electron chi connectivity index (χ2n) is 5.94. The molecule has 1 aromatic carbocycles. The monoisotopic (exact) mass is 300 g/mol. The summed E-state index contributed by atoms with van der Waals surface area (Å²) in [4.78, 5) is 0. The molecule has 0 radical (unpaired) electrons. The first-order chi connectivity index (χ1) is 9.58. The van der Waals surface area contributed by atoms with Gasteiger partial charge in [-0.1, -0.05) is 20.8 Å². The molecule has 21 heavy (non-hydrogen) atoms. The van der Waals surface area contributed by atoms with Crippen LogP contribution in [0.2, 0.25) is 0 Å². The van der Waals surface area contributed by atoms with E-state index < -0.39 is 18.5 Å². The standard InChI is InChI=1S/C15H16F4N2/c1-14(2,3)12-8-20-21(9-15(17,18)19)13(12)10-4-6-11(16)7-5-10/h4-8H,9H2,1-3H3. The van der Waals surface area contributed by atoms with Crippen LogP contribution in [0.15, 0.2) is 30.5 Å². The molecule has 0 saturated heterocycles. The third-order valence-corrected chi connectivity index (χ3v) is 3.09. The quantitative estimate of drug-likeness (QED) is 0.744. The smallest absolute Gasteiger partial charge is 0.255 e. The van der Waals surface area contributed by atoms with Crippen LogP contribution in [0.25, 0.3) is 11.3 Å². The van der Waals surface area contributed by atoms with Crippen molar-refractivity contribution in [1.82, 2.24) is 9.78 Å². The van der Waals surface area contributed by atoms with Crippen molar-refractivity contribution in [3.8, 4) is 11.3 Å². The molecule has 0 bridgehead atoms. The van der Waals surface area contributed by atoms with Gasteiger partial charge in [-0.25, -0.2) is 4.39 Å². The van der Waals surface area contributed by atoms with Gasteiger partial charge >= 0.3 is 6.18 Å². The summed E-state index contributed by atoms with van der Waals surface area (Å²) in [5.41, 5.74) is 1.22. The lowest BCUT2D eigenvalue weighted by molar-refractivity contribution is -0.142. The van der Waals surface area contributed by atoms with Gasteiger partial charge in [-0.05, 0) is 29.7 Å². The highest BCUT2D eigenvalue weighted by Crippen LogP contribution is 2.34. The number of rotatable bonds is 2. The van der Waals surface area contributed by atoms with E-state index in [4.69, 9.17) is 0 Å². The highest BCUT2D eigenvalue weighted by atomic mass is 19.4. The molecular weight excluding hydrogens is 284 g/mol. The Hall–Kier alpha value is -1.85. The molecule has 0 atom stereocenters. The molecule has 0 aliphatic carbocycles. The second kappa shape index (κ2) is 5.16. The van der Waals surface area contributed by atoms with Gasteiger partial charge < -0.3 is 0 Å². The summed E-state index contributed by atoms with van der Waals surface area (Å²) < 4.78 is 52.0. The Morgan fingerprint density at radius 2 is 1.62 bits per heavy atom. The second-order valence-corrected chi connectivity index (χ2v) is 5.94. The van der Waals surface area contributed by atoms with Crippen molar-refractivity contribution >= 4 is 0 Å². The molecule has 0 spiro atoms. The Balaban J connectivity index is 2.58. The molecule has 0 saturated carbocycles. The van der Waals surface area contributed by atoms with Gasteiger partial charge in [0.15, 0.2) is 0 Å². The minimum atomic E-state index is -4.37. The summed E-state index contributed by atoms with van der Waals surface area (Å²) in [7, 11) is 0. The first-order valence-corrected chi connectivity index (χ1v) is 6.47. The number of alkyl halides is 3. The van der Waals surface area contributed by atoms with Gasteiger partial charge in [0, 0.05) is 11.1 Å². The van der Waals surface area contributed by atoms with Crippen LogP contribution in [0, 0.1) is 5.82 Å². The lowest BCUT2D eigenvalue weighted by Crippen LogP contribution is -2.20. The highest BCUT2D eigenvalue weighted by molar-refractivity contribution is 5.64. The largest absolute Gasteiger partial charge is 0.408 e. The highest BCUT2D eigenvalue weighted by Gasteiger charge is 2.32. The van der Waals surface area contributed by atoms with E-state index in [0.29, 0.717) is 16.8 Å². The Morgan fingerprint density at radius 3 is 2.10 bits per heavy atom. The van der Waals surface area contributed by atoms with Crippen LogP contribution in [0.4, 0.5) is 17.6 Å². The topological polar surface area (TPSA) is 17.8 Å². The van der Waals surface area contributed by atoms with E-state index in [1.807, 2.05) is 20.8 Å². The fourth-order valence-electron chi connectivity index (χ4n) is 2.14. The summed E-state index contributed by atoms with van der Waals surface area (Å²) >= 11 is 0. The molecule has 1 aromatic heterocycles. The molecule has 0 amide bonds. The van der Waals surface area contributed by atoms with Crippen molar-refractivity contribution in [2.24, 2.45) is 0 Å². The summed E-state index contributed by atoms with van der Waals surface area (Å²) in [6.45, 7) is 4.52. The van der Waals surface area contributed by atoms with Crippen molar-refractivity contribution < 1.29 is 17.6 Å². The molecule has 0 aliphatic heterocycles. The summed E-state index contributed by atoms with van der Waals surface area (Å²) in [5.74, 6) is -0.432. The number of hydrogen-bond donors (Lipinski definition) is 0. The average Bonchev–Trinajstić information content (AvgIpc) is 2.71. The van der Waals surface area contributed by atoms with Crippen molar-refractivity contribution in [1.29, 1.82) is 0 Å². The first kappa shape index (κ1) is 15.5. The van der Waals surface area contributed by atoms with Gasteiger partial charge in [0.1, 0.15) is 12.4 Å². The Kier molecular flexibility index (Phi) is 3.82. The minimum absolute atomic E-state index is 0.367. The van der Waals surface area contributed by atoms with Gasteiger partial charge in [-0.3, -0.25) is 4.68 Å². The zero-order chi connectivity index (χ0) is 15.8. The van der Waals surface area contributed by atoms with E-state index in [1.165, 1.54) is 30.5 Å². The molecule has 0 fully saturated rings. The van der Waals surface area contributed by atoms with Crippen LogP contribution in [0.5, 0.6) is 0 Å². The summed E-state index contributed by atoms with van der Waals surface area (Å²) in [5, 5.41) is 3.87. The predicted molar refractivity (Wildman–Crippen MR) is 72.4 cm³/mol. The lowest BCUT2D eigenvalue weighted by atomic mass is 9.85. The summed E-state index contributed by atoms with van der Waals surface area (Å²) in [6, 6.07) is 5.39. The third-order valence-electron chi connectivity index (χ3n) is 3.09. The number of aromatic nitrogens is 2. The maximum absolute atomic E-state index is 13.0. The first-order valence-electron chi connectivity index (χ1n) is 6.47. The van der Waals surface area contributed by atoms with Gasteiger partial charge in [0.2, 0.25) is 0 Å². The Morgan fingerprint density at radius 1 is 1.05 bits per heavy atom. The van der Waals surface area contributed by atoms with Crippen molar-refractivity contribution in [3.05, 3.63) is 41.8 Å². The normalized spacial score (nSPS) is 12.7. The maximum atomic E-state index is 13.0. The molecule has 0 aliphatic rings. The number of halogens is 4. The van der Waals surface area contributed by atoms with E-state index in [0.717, 1.165) is 4.68 Å². The fourth-order valence-corrected chi connectivity index (χ4v) is 2.14. The van der Waals surface area contributed by atoms with Crippen LogP contribution >= 0.6 is 0 Å². The molecule has 2 nitrogen and oxygen atoms in total. The van der Waals surface area contributed by atoms with Gasteiger partial charge in [-0.2, -0.15) is 18.3 Å². The van der Waals surface area contributed by atoms with Crippen molar-refractivity contribution in [3.63, 3.8) is 0 Å². The molecule has 2 rings (SSSR count). The van der Waals surface area contributed by atoms with Crippen molar-refractivity contribution in [2.45, 2.75) is 38.9 Å². The van der Waals surface area contributed by atoms with Crippen LogP contribution in [0.1, 0.15) is 26.3 Å².